The van der Waals surface area contributed by atoms with Gasteiger partial charge >= 0.3 is 7.12 Å². The smallest absolute Gasteiger partial charge is 0.399 e. The molecule has 1 saturated heterocycles. The highest BCUT2D eigenvalue weighted by Crippen LogP contribution is 2.37. The molecule has 5 aromatic rings. The van der Waals surface area contributed by atoms with E-state index < -0.39 is 8.07 Å². The van der Waals surface area contributed by atoms with Crippen molar-refractivity contribution < 1.29 is 9.31 Å². The van der Waals surface area contributed by atoms with Crippen molar-refractivity contribution in [2.45, 2.75) is 51.2 Å². The highest BCUT2D eigenvalue weighted by Gasteiger charge is 2.51. The summed E-state index contributed by atoms with van der Waals surface area (Å²) < 4.78 is 12.8. The van der Waals surface area contributed by atoms with E-state index in [1.54, 1.807) is 0 Å². The number of hydrogen-bond acceptors (Lipinski definition) is 2. The predicted molar refractivity (Wildman–Crippen MR) is 197 cm³/mol. The van der Waals surface area contributed by atoms with Crippen LogP contribution in [0.1, 0.15) is 51.2 Å². The van der Waals surface area contributed by atoms with E-state index in [0.29, 0.717) is 0 Å². The Labute approximate surface area is 275 Å². The second-order valence-corrected chi connectivity index (χ2v) is 17.4. The van der Waals surface area contributed by atoms with E-state index in [1.165, 1.54) is 37.4 Å². The van der Waals surface area contributed by atoms with Gasteiger partial charge in [-0.25, -0.2) is 0 Å². The molecule has 228 valence electrons. The van der Waals surface area contributed by atoms with E-state index in [2.05, 4.69) is 185 Å². The van der Waals surface area contributed by atoms with Crippen molar-refractivity contribution in [3.05, 3.63) is 169 Å². The van der Waals surface area contributed by atoms with E-state index in [4.69, 9.17) is 9.31 Å². The first-order valence-electron chi connectivity index (χ1n) is 16.4. The number of hydrogen-bond donors (Lipinski definition) is 0. The van der Waals surface area contributed by atoms with Crippen molar-refractivity contribution in [3.63, 3.8) is 0 Å². The van der Waals surface area contributed by atoms with Crippen LogP contribution < -0.4 is 26.2 Å². The molecule has 1 heterocycles. The van der Waals surface area contributed by atoms with Crippen LogP contribution in [-0.2, 0) is 9.31 Å². The first-order valence-corrected chi connectivity index (χ1v) is 18.4. The van der Waals surface area contributed by atoms with Gasteiger partial charge < -0.3 is 9.31 Å². The Hall–Kier alpha value is -4.22. The molecule has 0 radical (unpaired) electrons. The van der Waals surface area contributed by atoms with E-state index in [-0.39, 0.29) is 24.2 Å². The van der Waals surface area contributed by atoms with Crippen molar-refractivity contribution in [2.75, 3.05) is 0 Å². The third kappa shape index (κ3) is 5.45. The molecule has 7 rings (SSSR count). The van der Waals surface area contributed by atoms with Gasteiger partial charge in [-0.3, -0.25) is 0 Å². The largest absolute Gasteiger partial charge is 0.494 e. The summed E-state index contributed by atoms with van der Waals surface area (Å²) in [5.41, 5.74) is 4.23. The lowest BCUT2D eigenvalue weighted by Gasteiger charge is -2.35. The summed E-state index contributed by atoms with van der Waals surface area (Å²) >= 11 is 0. The Morgan fingerprint density at radius 2 is 1.11 bits per heavy atom. The maximum Gasteiger partial charge on any atom is 0.494 e. The molecular formula is C42H41BO2Si. The summed E-state index contributed by atoms with van der Waals surface area (Å²) in [4.78, 5) is 0. The van der Waals surface area contributed by atoms with Crippen molar-refractivity contribution in [1.29, 1.82) is 0 Å². The van der Waals surface area contributed by atoms with Gasteiger partial charge in [0.2, 0.25) is 0 Å². The van der Waals surface area contributed by atoms with Gasteiger partial charge in [0.15, 0.2) is 8.07 Å². The summed E-state index contributed by atoms with van der Waals surface area (Å²) in [6.07, 6.45) is 7.79. The van der Waals surface area contributed by atoms with Gasteiger partial charge in [0, 0.05) is 5.92 Å². The Morgan fingerprint density at radius 3 is 1.67 bits per heavy atom. The first kappa shape index (κ1) is 30.4. The van der Waals surface area contributed by atoms with Gasteiger partial charge in [0.25, 0.3) is 0 Å². The van der Waals surface area contributed by atoms with E-state index in [0.717, 1.165) is 11.9 Å². The van der Waals surface area contributed by atoms with Crippen LogP contribution in [0, 0.1) is 0 Å². The zero-order valence-electron chi connectivity index (χ0n) is 27.2. The van der Waals surface area contributed by atoms with Crippen molar-refractivity contribution in [2.24, 2.45) is 0 Å². The van der Waals surface area contributed by atoms with Crippen LogP contribution in [0.25, 0.3) is 5.57 Å². The van der Waals surface area contributed by atoms with Gasteiger partial charge in [-0.15, -0.1) is 0 Å². The fourth-order valence-corrected chi connectivity index (χ4v) is 11.9. The molecule has 5 aromatic carbocycles. The van der Waals surface area contributed by atoms with Crippen LogP contribution >= 0.6 is 0 Å². The molecule has 4 heteroatoms. The molecule has 0 bridgehead atoms. The molecule has 1 atom stereocenters. The zero-order valence-corrected chi connectivity index (χ0v) is 28.2. The third-order valence-corrected chi connectivity index (χ3v) is 15.0. The number of benzene rings is 5. The molecule has 0 spiro atoms. The van der Waals surface area contributed by atoms with Crippen LogP contribution in [0.5, 0.6) is 0 Å². The molecule has 1 aliphatic carbocycles. The molecule has 1 fully saturated rings. The summed E-state index contributed by atoms with van der Waals surface area (Å²) in [6, 6.07) is 51.6. The molecule has 1 unspecified atom stereocenters. The molecule has 0 aromatic heterocycles. The summed E-state index contributed by atoms with van der Waals surface area (Å²) in [5.74, 6) is 0.273. The quantitative estimate of drug-likeness (QED) is 0.154. The number of rotatable bonds is 7. The van der Waals surface area contributed by atoms with Gasteiger partial charge in [0.1, 0.15) is 0 Å². The van der Waals surface area contributed by atoms with Gasteiger partial charge in [-0.1, -0.05) is 158 Å². The average molecular weight is 617 g/mol. The second-order valence-electron chi connectivity index (χ2n) is 13.6. The summed E-state index contributed by atoms with van der Waals surface area (Å²) in [5, 5.41) is 5.58. The van der Waals surface area contributed by atoms with E-state index >= 15 is 0 Å². The van der Waals surface area contributed by atoms with Crippen LogP contribution in [0.2, 0.25) is 0 Å². The number of allylic oxidation sites excluding steroid dienone is 4. The van der Waals surface area contributed by atoms with Crippen molar-refractivity contribution in [3.8, 4) is 0 Å². The first-order chi connectivity index (χ1) is 22.3. The van der Waals surface area contributed by atoms with Gasteiger partial charge in [0.05, 0.1) is 11.2 Å². The highest BCUT2D eigenvalue weighted by molar-refractivity contribution is 7.19. The lowest BCUT2D eigenvalue weighted by atomic mass is 9.77. The lowest BCUT2D eigenvalue weighted by Crippen LogP contribution is -2.74. The maximum atomic E-state index is 6.39. The zero-order chi connectivity index (χ0) is 31.8. The van der Waals surface area contributed by atoms with Crippen LogP contribution in [0.3, 0.4) is 0 Å². The molecule has 0 saturated carbocycles. The Balaban J connectivity index is 1.26. The molecule has 2 nitrogen and oxygen atoms in total. The SMILES string of the molecule is CC1(C)OB(c2cccc(C3=CC=CC(c4cccc([Si](c5ccccc5)(c5ccccc5)c5ccccc5)c4)C3)c2)OC1(C)C. The fraction of sp³-hybridized carbons (Fsp3) is 0.190. The second kappa shape index (κ2) is 12.2. The van der Waals surface area contributed by atoms with Crippen LogP contribution in [-0.4, -0.2) is 26.4 Å². The minimum atomic E-state index is -2.59. The molecule has 0 amide bonds. The Bertz CT molecular complexity index is 1770. The third-order valence-electron chi connectivity index (χ3n) is 10.2. The monoisotopic (exact) mass is 616 g/mol. The Morgan fingerprint density at radius 1 is 0.587 bits per heavy atom. The van der Waals surface area contributed by atoms with E-state index in [1.807, 2.05) is 0 Å². The normalized spacial score (nSPS) is 18.7. The average Bonchev–Trinajstić information content (AvgIpc) is 3.33. The molecule has 1 aliphatic heterocycles. The maximum absolute atomic E-state index is 6.39. The standard InChI is InChI=1S/C42H41BO2Si/c1-41(2)42(3,4)45-43(44-41)36-21-15-19-34(30-36)32-17-14-18-33(29-32)35-20-16-28-40(31-35)46(37-22-8-5-9-23-37,38-24-10-6-11-25-38)39-26-12-7-13-27-39/h5-28,30-31,33H,29H2,1-4H3. The van der Waals surface area contributed by atoms with Crippen LogP contribution in [0.15, 0.2) is 158 Å². The molecule has 2 aliphatic rings. The van der Waals surface area contributed by atoms with E-state index in [9.17, 15) is 0 Å². The highest BCUT2D eigenvalue weighted by atomic mass is 28.3. The summed E-state index contributed by atoms with van der Waals surface area (Å²) in [7, 11) is -2.96. The van der Waals surface area contributed by atoms with Crippen molar-refractivity contribution in [1.82, 2.24) is 0 Å². The lowest BCUT2D eigenvalue weighted by molar-refractivity contribution is 0.00578. The topological polar surface area (TPSA) is 18.5 Å². The van der Waals surface area contributed by atoms with Gasteiger partial charge in [-0.2, -0.15) is 0 Å². The molecule has 46 heavy (non-hydrogen) atoms. The van der Waals surface area contributed by atoms with Crippen molar-refractivity contribution >= 4 is 47.0 Å². The van der Waals surface area contributed by atoms with Crippen LogP contribution in [0.4, 0.5) is 0 Å². The summed E-state index contributed by atoms with van der Waals surface area (Å²) in [6.45, 7) is 8.42. The Kier molecular flexibility index (Phi) is 8.06. The fourth-order valence-electron chi connectivity index (χ4n) is 7.05. The minimum Gasteiger partial charge on any atom is -0.399 e. The van der Waals surface area contributed by atoms with Gasteiger partial charge in [-0.05, 0) is 77.0 Å². The predicted octanol–water partition coefficient (Wildman–Crippen LogP) is 6.49. The molecule has 0 N–H and O–H groups in total. The molecular weight excluding hydrogens is 575 g/mol. The minimum absolute atomic E-state index is 0.273.